The Labute approximate surface area is 135 Å². The van der Waals surface area contributed by atoms with Gasteiger partial charge in [0.05, 0.1) is 5.75 Å². The third-order valence-corrected chi connectivity index (χ3v) is 5.84. The molecule has 1 aliphatic rings. The Hall–Kier alpha value is -1.80. The second-order valence-electron chi connectivity index (χ2n) is 5.87. The molecule has 1 saturated heterocycles. The quantitative estimate of drug-likeness (QED) is 0.831. The van der Waals surface area contributed by atoms with Gasteiger partial charge >= 0.3 is 0 Å². The molecule has 8 heteroatoms. The van der Waals surface area contributed by atoms with Gasteiger partial charge in [0.1, 0.15) is 18.5 Å². The van der Waals surface area contributed by atoms with Gasteiger partial charge in [-0.05, 0) is 36.5 Å². The third kappa shape index (κ3) is 4.14. The number of hydrogen-bond acceptors (Lipinski definition) is 4. The van der Waals surface area contributed by atoms with Crippen molar-refractivity contribution in [3.63, 3.8) is 0 Å². The van der Waals surface area contributed by atoms with Crippen molar-refractivity contribution < 1.29 is 12.8 Å². The van der Waals surface area contributed by atoms with Crippen molar-refractivity contribution in [1.29, 1.82) is 0 Å². The summed E-state index contributed by atoms with van der Waals surface area (Å²) in [6.45, 7) is 1.65. The number of sulfonamides is 1. The van der Waals surface area contributed by atoms with Crippen LogP contribution in [0.1, 0.15) is 18.4 Å². The molecule has 0 bridgehead atoms. The summed E-state index contributed by atoms with van der Waals surface area (Å²) in [6.07, 6.45) is 4.90. The molecule has 124 valence electrons. The second kappa shape index (κ2) is 6.76. The summed E-state index contributed by atoms with van der Waals surface area (Å²) in [7, 11) is -3.44. The summed E-state index contributed by atoms with van der Waals surface area (Å²) in [5.74, 6) is -0.367. The van der Waals surface area contributed by atoms with Crippen LogP contribution >= 0.6 is 0 Å². The molecule has 2 heterocycles. The maximum Gasteiger partial charge on any atom is 0.218 e. The minimum absolute atomic E-state index is 0.166. The molecule has 1 atom stereocenters. The van der Waals surface area contributed by atoms with Crippen LogP contribution in [0.5, 0.6) is 0 Å². The molecule has 0 unspecified atom stereocenters. The minimum atomic E-state index is -3.44. The molecule has 0 radical (unpaired) electrons. The fourth-order valence-corrected chi connectivity index (χ4v) is 4.58. The number of hydrogen-bond donors (Lipinski definition) is 0. The number of halogens is 1. The number of benzene rings is 1. The molecule has 0 N–H and O–H groups in total. The smallest absolute Gasteiger partial charge is 0.218 e. The van der Waals surface area contributed by atoms with Gasteiger partial charge in [0.25, 0.3) is 0 Å². The molecule has 1 aliphatic heterocycles. The normalized spacial score (nSPS) is 19.8. The maximum absolute atomic E-state index is 13.2. The van der Waals surface area contributed by atoms with Crippen LogP contribution in [0.2, 0.25) is 0 Å². The van der Waals surface area contributed by atoms with Gasteiger partial charge in [0.2, 0.25) is 10.0 Å². The van der Waals surface area contributed by atoms with Crippen LogP contribution in [0.15, 0.2) is 36.9 Å². The lowest BCUT2D eigenvalue weighted by atomic mass is 10.00. The van der Waals surface area contributed by atoms with Crippen LogP contribution in [0.4, 0.5) is 4.39 Å². The van der Waals surface area contributed by atoms with Crippen molar-refractivity contribution in [3.05, 3.63) is 48.3 Å². The van der Waals surface area contributed by atoms with Crippen LogP contribution < -0.4 is 0 Å². The van der Waals surface area contributed by atoms with Gasteiger partial charge < -0.3 is 0 Å². The Morgan fingerprint density at radius 1 is 1.35 bits per heavy atom. The SMILES string of the molecule is O=S(=O)(Cc1cccc(F)c1)N1CCC[C@@H](Cn2cncn2)C1. The van der Waals surface area contributed by atoms with E-state index in [-0.39, 0.29) is 11.7 Å². The lowest BCUT2D eigenvalue weighted by molar-refractivity contribution is 0.239. The van der Waals surface area contributed by atoms with Gasteiger partial charge in [-0.2, -0.15) is 5.10 Å². The first-order valence-electron chi connectivity index (χ1n) is 7.57. The van der Waals surface area contributed by atoms with Crippen LogP contribution in [-0.2, 0) is 22.3 Å². The Morgan fingerprint density at radius 3 is 2.96 bits per heavy atom. The molecule has 0 spiro atoms. The van der Waals surface area contributed by atoms with E-state index in [2.05, 4.69) is 10.1 Å². The van der Waals surface area contributed by atoms with Crippen molar-refractivity contribution >= 4 is 10.0 Å². The van der Waals surface area contributed by atoms with E-state index in [4.69, 9.17) is 0 Å². The predicted octanol–water partition coefficient (Wildman–Crippen LogP) is 1.66. The molecule has 6 nitrogen and oxygen atoms in total. The fraction of sp³-hybridized carbons (Fsp3) is 0.467. The van der Waals surface area contributed by atoms with Crippen LogP contribution in [0, 0.1) is 11.7 Å². The molecule has 0 aliphatic carbocycles. The molecule has 2 aromatic rings. The largest absolute Gasteiger partial charge is 0.253 e. The van der Waals surface area contributed by atoms with Crippen molar-refractivity contribution in [2.45, 2.75) is 25.1 Å². The summed E-state index contributed by atoms with van der Waals surface area (Å²) in [5, 5.41) is 4.07. The van der Waals surface area contributed by atoms with E-state index >= 15 is 0 Å². The zero-order chi connectivity index (χ0) is 16.3. The van der Waals surface area contributed by atoms with Crippen molar-refractivity contribution in [2.24, 2.45) is 5.92 Å². The summed E-state index contributed by atoms with van der Waals surface area (Å²) < 4.78 is 41.6. The molecule has 1 fully saturated rings. The molecular formula is C15H19FN4O2S. The standard InChI is InChI=1S/C15H19FN4O2S/c16-15-5-1-3-13(7-15)10-23(21,22)20-6-2-4-14(9-20)8-19-12-17-11-18-19/h1,3,5,7,11-12,14H,2,4,6,8-10H2/t14-/m0/s1. The zero-order valence-electron chi connectivity index (χ0n) is 12.7. The maximum atomic E-state index is 13.2. The van der Waals surface area contributed by atoms with Crippen LogP contribution in [0.3, 0.4) is 0 Å². The monoisotopic (exact) mass is 338 g/mol. The zero-order valence-corrected chi connectivity index (χ0v) is 13.5. The number of piperidine rings is 1. The van der Waals surface area contributed by atoms with Gasteiger partial charge in [-0.15, -0.1) is 0 Å². The lowest BCUT2D eigenvalue weighted by Crippen LogP contribution is -2.41. The summed E-state index contributed by atoms with van der Waals surface area (Å²) in [5.41, 5.74) is 0.475. The van der Waals surface area contributed by atoms with Crippen LogP contribution in [-0.4, -0.2) is 40.6 Å². The van der Waals surface area contributed by atoms with E-state index in [1.54, 1.807) is 17.1 Å². The number of rotatable bonds is 5. The topological polar surface area (TPSA) is 68.1 Å². The molecule has 1 aromatic heterocycles. The van der Waals surface area contributed by atoms with Gasteiger partial charge in [0.15, 0.2) is 0 Å². The molecule has 1 aromatic carbocycles. The summed E-state index contributed by atoms with van der Waals surface area (Å²) >= 11 is 0. The van der Waals surface area contributed by atoms with E-state index in [1.807, 2.05) is 0 Å². The van der Waals surface area contributed by atoms with Gasteiger partial charge in [-0.3, -0.25) is 4.68 Å². The first kappa shape index (κ1) is 16.1. The molecule has 3 rings (SSSR count). The average molecular weight is 338 g/mol. The highest BCUT2D eigenvalue weighted by atomic mass is 32.2. The Kier molecular flexibility index (Phi) is 4.72. The third-order valence-electron chi connectivity index (χ3n) is 4.03. The van der Waals surface area contributed by atoms with E-state index in [0.29, 0.717) is 25.2 Å². The lowest BCUT2D eigenvalue weighted by Gasteiger charge is -2.31. The first-order valence-corrected chi connectivity index (χ1v) is 9.18. The molecule has 0 amide bonds. The Morgan fingerprint density at radius 2 is 2.22 bits per heavy atom. The Balaban J connectivity index is 1.67. The summed E-state index contributed by atoms with van der Waals surface area (Å²) in [6, 6.07) is 5.75. The molecule has 0 saturated carbocycles. The fourth-order valence-electron chi connectivity index (χ4n) is 2.95. The van der Waals surface area contributed by atoms with E-state index < -0.39 is 15.8 Å². The highest BCUT2D eigenvalue weighted by molar-refractivity contribution is 7.88. The average Bonchev–Trinajstić information content (AvgIpc) is 3.00. The summed E-state index contributed by atoms with van der Waals surface area (Å²) in [4.78, 5) is 3.90. The van der Waals surface area contributed by atoms with Crippen LogP contribution in [0.25, 0.3) is 0 Å². The van der Waals surface area contributed by atoms with Crippen molar-refractivity contribution in [2.75, 3.05) is 13.1 Å². The van der Waals surface area contributed by atoms with E-state index in [1.165, 1.54) is 28.8 Å². The predicted molar refractivity (Wildman–Crippen MR) is 83.3 cm³/mol. The molecule has 23 heavy (non-hydrogen) atoms. The first-order chi connectivity index (χ1) is 11.0. The Bertz CT molecular complexity index is 749. The van der Waals surface area contributed by atoms with Gasteiger partial charge in [-0.1, -0.05) is 12.1 Å². The second-order valence-corrected chi connectivity index (χ2v) is 7.84. The van der Waals surface area contributed by atoms with Crippen molar-refractivity contribution in [1.82, 2.24) is 19.1 Å². The van der Waals surface area contributed by atoms with E-state index in [0.717, 1.165) is 12.8 Å². The van der Waals surface area contributed by atoms with Gasteiger partial charge in [-0.25, -0.2) is 22.1 Å². The highest BCUT2D eigenvalue weighted by Crippen LogP contribution is 2.22. The number of aromatic nitrogens is 3. The van der Waals surface area contributed by atoms with Gasteiger partial charge in [0, 0.05) is 19.6 Å². The minimum Gasteiger partial charge on any atom is -0.253 e. The molecular weight excluding hydrogens is 319 g/mol. The number of nitrogens with zero attached hydrogens (tertiary/aromatic N) is 4. The van der Waals surface area contributed by atoms with Crippen molar-refractivity contribution in [3.8, 4) is 0 Å². The van der Waals surface area contributed by atoms with E-state index in [9.17, 15) is 12.8 Å². The highest BCUT2D eigenvalue weighted by Gasteiger charge is 2.29.